The summed E-state index contributed by atoms with van der Waals surface area (Å²) in [5.41, 5.74) is 2.64. The Morgan fingerprint density at radius 2 is 1.62 bits per heavy atom. The number of carbonyl (C=O) groups is 1. The smallest absolute Gasteiger partial charge is 0.255 e. The SMILES string of the molecule is O=C(Nc1ccccc1-c1nnn(-c2ccccc2)n1)c1ccncc1. The van der Waals surface area contributed by atoms with Crippen LogP contribution in [0.25, 0.3) is 17.1 Å². The number of anilines is 1. The molecule has 0 saturated heterocycles. The molecule has 1 amide bonds. The van der Waals surface area contributed by atoms with Crippen LogP contribution in [0.15, 0.2) is 79.1 Å². The molecule has 0 bridgehead atoms. The molecule has 0 spiro atoms. The Morgan fingerprint density at radius 1 is 0.885 bits per heavy atom. The maximum Gasteiger partial charge on any atom is 0.255 e. The Morgan fingerprint density at radius 3 is 2.42 bits per heavy atom. The summed E-state index contributed by atoms with van der Waals surface area (Å²) >= 11 is 0. The van der Waals surface area contributed by atoms with Crippen molar-refractivity contribution in [3.63, 3.8) is 0 Å². The maximum absolute atomic E-state index is 12.4. The van der Waals surface area contributed by atoms with E-state index in [0.717, 1.165) is 5.69 Å². The number of rotatable bonds is 4. The van der Waals surface area contributed by atoms with Gasteiger partial charge in [-0.2, -0.15) is 0 Å². The van der Waals surface area contributed by atoms with Crippen LogP contribution in [0, 0.1) is 0 Å². The molecule has 26 heavy (non-hydrogen) atoms. The van der Waals surface area contributed by atoms with Crippen molar-refractivity contribution in [1.29, 1.82) is 0 Å². The largest absolute Gasteiger partial charge is 0.321 e. The van der Waals surface area contributed by atoms with Crippen LogP contribution in [-0.4, -0.2) is 31.1 Å². The number of benzene rings is 2. The van der Waals surface area contributed by atoms with E-state index >= 15 is 0 Å². The summed E-state index contributed by atoms with van der Waals surface area (Å²) in [5, 5.41) is 15.5. The van der Waals surface area contributed by atoms with E-state index in [1.165, 1.54) is 4.80 Å². The molecule has 0 saturated carbocycles. The van der Waals surface area contributed by atoms with Crippen molar-refractivity contribution in [3.8, 4) is 17.1 Å². The van der Waals surface area contributed by atoms with Gasteiger partial charge in [-0.1, -0.05) is 30.3 Å². The molecular weight excluding hydrogens is 328 g/mol. The number of pyridine rings is 1. The van der Waals surface area contributed by atoms with E-state index < -0.39 is 0 Å². The third-order valence-electron chi connectivity index (χ3n) is 3.76. The fourth-order valence-corrected chi connectivity index (χ4v) is 2.48. The molecule has 7 nitrogen and oxygen atoms in total. The van der Waals surface area contributed by atoms with Crippen LogP contribution < -0.4 is 5.32 Å². The summed E-state index contributed by atoms with van der Waals surface area (Å²) in [6, 6.07) is 20.2. The zero-order valence-electron chi connectivity index (χ0n) is 13.6. The first-order chi connectivity index (χ1) is 12.8. The van der Waals surface area contributed by atoms with Gasteiger partial charge in [-0.05, 0) is 41.6 Å². The Bertz CT molecular complexity index is 1030. The van der Waals surface area contributed by atoms with Gasteiger partial charge in [0.15, 0.2) is 0 Å². The predicted octanol–water partition coefficient (Wildman–Crippen LogP) is 2.98. The Hall–Kier alpha value is -3.87. The normalized spacial score (nSPS) is 10.5. The third kappa shape index (κ3) is 3.18. The highest BCUT2D eigenvalue weighted by molar-refractivity contribution is 6.05. The van der Waals surface area contributed by atoms with Crippen molar-refractivity contribution in [3.05, 3.63) is 84.7 Å². The molecule has 7 heteroatoms. The van der Waals surface area contributed by atoms with Crippen LogP contribution in [0.5, 0.6) is 0 Å². The molecule has 0 atom stereocenters. The van der Waals surface area contributed by atoms with Gasteiger partial charge in [-0.25, -0.2) is 0 Å². The maximum atomic E-state index is 12.4. The topological polar surface area (TPSA) is 85.6 Å². The molecule has 1 N–H and O–H groups in total. The summed E-state index contributed by atoms with van der Waals surface area (Å²) in [5.74, 6) is 0.204. The van der Waals surface area contributed by atoms with Gasteiger partial charge >= 0.3 is 0 Å². The minimum absolute atomic E-state index is 0.227. The average Bonchev–Trinajstić information content (AvgIpc) is 3.20. The number of carbonyl (C=O) groups excluding carboxylic acids is 1. The van der Waals surface area contributed by atoms with Crippen LogP contribution in [0.2, 0.25) is 0 Å². The van der Waals surface area contributed by atoms with Gasteiger partial charge in [0, 0.05) is 23.5 Å². The second-order valence-electron chi connectivity index (χ2n) is 5.47. The van der Waals surface area contributed by atoms with Gasteiger partial charge < -0.3 is 5.32 Å². The fraction of sp³-hybridized carbons (Fsp3) is 0. The van der Waals surface area contributed by atoms with E-state index in [1.807, 2.05) is 48.5 Å². The number of nitrogens with zero attached hydrogens (tertiary/aromatic N) is 5. The Kier molecular flexibility index (Phi) is 4.17. The molecule has 126 valence electrons. The van der Waals surface area contributed by atoms with Gasteiger partial charge in [0.1, 0.15) is 0 Å². The van der Waals surface area contributed by atoms with Gasteiger partial charge in [-0.3, -0.25) is 9.78 Å². The number of nitrogens with one attached hydrogen (secondary N) is 1. The predicted molar refractivity (Wildman–Crippen MR) is 96.8 cm³/mol. The lowest BCUT2D eigenvalue weighted by molar-refractivity contribution is 0.102. The van der Waals surface area contributed by atoms with E-state index in [0.29, 0.717) is 22.6 Å². The van der Waals surface area contributed by atoms with Crippen molar-refractivity contribution in [2.24, 2.45) is 0 Å². The summed E-state index contributed by atoms with van der Waals surface area (Å²) < 4.78 is 0. The Labute approximate surface area is 149 Å². The number of tetrazole rings is 1. The molecular formula is C19H14N6O. The highest BCUT2D eigenvalue weighted by Crippen LogP contribution is 2.25. The van der Waals surface area contributed by atoms with Gasteiger partial charge in [0.25, 0.3) is 5.91 Å². The lowest BCUT2D eigenvalue weighted by Gasteiger charge is -2.08. The van der Waals surface area contributed by atoms with Crippen LogP contribution in [0.1, 0.15) is 10.4 Å². The molecule has 0 aliphatic rings. The Balaban J connectivity index is 1.64. The first-order valence-corrected chi connectivity index (χ1v) is 7.97. The van der Waals surface area contributed by atoms with E-state index in [4.69, 9.17) is 0 Å². The molecule has 2 aromatic carbocycles. The van der Waals surface area contributed by atoms with Crippen molar-refractivity contribution in [1.82, 2.24) is 25.2 Å². The van der Waals surface area contributed by atoms with E-state index in [1.54, 1.807) is 30.6 Å². The third-order valence-corrected chi connectivity index (χ3v) is 3.76. The van der Waals surface area contributed by atoms with Crippen molar-refractivity contribution < 1.29 is 4.79 Å². The first kappa shape index (κ1) is 15.6. The molecule has 4 aromatic rings. The summed E-state index contributed by atoms with van der Waals surface area (Å²) in [6.45, 7) is 0. The van der Waals surface area contributed by atoms with Crippen LogP contribution >= 0.6 is 0 Å². The molecule has 0 radical (unpaired) electrons. The van der Waals surface area contributed by atoms with E-state index in [-0.39, 0.29) is 5.91 Å². The number of aromatic nitrogens is 5. The summed E-state index contributed by atoms with van der Waals surface area (Å²) in [4.78, 5) is 17.8. The monoisotopic (exact) mass is 342 g/mol. The first-order valence-electron chi connectivity index (χ1n) is 7.97. The number of amides is 1. The quantitative estimate of drug-likeness (QED) is 0.616. The van der Waals surface area contributed by atoms with Crippen LogP contribution in [-0.2, 0) is 0 Å². The van der Waals surface area contributed by atoms with Crippen molar-refractivity contribution >= 4 is 11.6 Å². The number of hydrogen-bond acceptors (Lipinski definition) is 5. The molecule has 4 rings (SSSR count). The van der Waals surface area contributed by atoms with Crippen molar-refractivity contribution in [2.45, 2.75) is 0 Å². The number of para-hydroxylation sites is 2. The zero-order chi connectivity index (χ0) is 17.8. The minimum Gasteiger partial charge on any atom is -0.321 e. The second-order valence-corrected chi connectivity index (χ2v) is 5.47. The average molecular weight is 342 g/mol. The lowest BCUT2D eigenvalue weighted by Crippen LogP contribution is -2.12. The minimum atomic E-state index is -0.227. The highest BCUT2D eigenvalue weighted by Gasteiger charge is 2.14. The lowest BCUT2D eigenvalue weighted by atomic mass is 10.1. The van der Waals surface area contributed by atoms with Crippen LogP contribution in [0.3, 0.4) is 0 Å². The number of hydrogen-bond donors (Lipinski definition) is 1. The second kappa shape index (κ2) is 6.94. The molecule has 0 aliphatic carbocycles. The van der Waals surface area contributed by atoms with Gasteiger partial charge in [0.05, 0.1) is 11.4 Å². The summed E-state index contributed by atoms with van der Waals surface area (Å²) in [6.07, 6.45) is 3.15. The standard InChI is InChI=1S/C19H14N6O/c26-19(14-10-12-20-13-11-14)21-17-9-5-4-8-16(17)18-22-24-25(23-18)15-6-2-1-3-7-15/h1-13H,(H,21,26). The molecule has 0 unspecified atom stereocenters. The van der Waals surface area contributed by atoms with Gasteiger partial charge in [0.2, 0.25) is 5.82 Å². The fourth-order valence-electron chi connectivity index (χ4n) is 2.48. The molecule has 0 fully saturated rings. The summed E-state index contributed by atoms with van der Waals surface area (Å²) in [7, 11) is 0. The van der Waals surface area contributed by atoms with E-state index in [9.17, 15) is 4.79 Å². The molecule has 2 aromatic heterocycles. The highest BCUT2D eigenvalue weighted by atomic mass is 16.1. The molecule has 2 heterocycles. The zero-order valence-corrected chi connectivity index (χ0v) is 13.6. The molecule has 0 aliphatic heterocycles. The van der Waals surface area contributed by atoms with Crippen molar-refractivity contribution in [2.75, 3.05) is 5.32 Å². The van der Waals surface area contributed by atoms with E-state index in [2.05, 4.69) is 25.7 Å². The van der Waals surface area contributed by atoms with Gasteiger partial charge in [-0.15, -0.1) is 15.0 Å². The van der Waals surface area contributed by atoms with Crippen LogP contribution in [0.4, 0.5) is 5.69 Å².